The van der Waals surface area contributed by atoms with E-state index >= 15 is 0 Å². The van der Waals surface area contributed by atoms with Crippen LogP contribution in [-0.2, 0) is 0 Å². The Morgan fingerprint density at radius 2 is 1.93 bits per heavy atom. The van der Waals surface area contributed by atoms with Crippen LogP contribution in [0, 0.1) is 13.8 Å². The van der Waals surface area contributed by atoms with E-state index in [2.05, 4.69) is 31.1 Å². The van der Waals surface area contributed by atoms with Crippen LogP contribution in [0.3, 0.4) is 0 Å². The minimum absolute atomic E-state index is 0.229. The van der Waals surface area contributed by atoms with Gasteiger partial charge in [-0.2, -0.15) is 4.98 Å². The standard InChI is InChI=1S/C19H22N6O3/c1-12-10-17(24-14-4-6-15(27-3)7-5-14)25-19(23-12)21-9-8-20-18(26)16-11-22-28-13(16)2/h4-7,10-11H,8-9H2,1-3H3,(H,20,26)(H2,21,23,24,25). The molecule has 0 aliphatic rings. The Labute approximate surface area is 162 Å². The van der Waals surface area contributed by atoms with Crippen LogP contribution < -0.4 is 20.7 Å². The Bertz CT molecular complexity index is 939. The number of aryl methyl sites for hydroxylation is 2. The Morgan fingerprint density at radius 1 is 1.14 bits per heavy atom. The van der Waals surface area contributed by atoms with Crippen molar-refractivity contribution in [3.8, 4) is 5.75 Å². The molecule has 146 valence electrons. The molecule has 9 nitrogen and oxygen atoms in total. The van der Waals surface area contributed by atoms with Crippen molar-refractivity contribution in [3.63, 3.8) is 0 Å². The molecule has 0 radical (unpaired) electrons. The van der Waals surface area contributed by atoms with Crippen LogP contribution in [0.4, 0.5) is 17.5 Å². The van der Waals surface area contributed by atoms with Gasteiger partial charge in [0.15, 0.2) is 0 Å². The summed E-state index contributed by atoms with van der Waals surface area (Å²) in [6, 6.07) is 9.41. The fourth-order valence-electron chi connectivity index (χ4n) is 2.50. The summed E-state index contributed by atoms with van der Waals surface area (Å²) in [4.78, 5) is 20.8. The molecule has 9 heteroatoms. The van der Waals surface area contributed by atoms with Gasteiger partial charge in [0.25, 0.3) is 5.91 Å². The molecule has 0 saturated carbocycles. The summed E-state index contributed by atoms with van der Waals surface area (Å²) in [5.41, 5.74) is 2.14. The van der Waals surface area contributed by atoms with E-state index < -0.39 is 0 Å². The molecule has 0 aliphatic carbocycles. The first kappa shape index (κ1) is 19.2. The van der Waals surface area contributed by atoms with E-state index in [0.717, 1.165) is 17.1 Å². The highest BCUT2D eigenvalue weighted by molar-refractivity contribution is 5.94. The number of amides is 1. The number of benzene rings is 1. The molecule has 0 bridgehead atoms. The minimum Gasteiger partial charge on any atom is -0.497 e. The van der Waals surface area contributed by atoms with Crippen LogP contribution in [0.1, 0.15) is 21.8 Å². The van der Waals surface area contributed by atoms with Crippen molar-refractivity contribution in [2.24, 2.45) is 0 Å². The second-order valence-corrected chi connectivity index (χ2v) is 6.05. The monoisotopic (exact) mass is 382 g/mol. The van der Waals surface area contributed by atoms with E-state index in [1.807, 2.05) is 37.3 Å². The Hall–Kier alpha value is -3.62. The SMILES string of the molecule is COc1ccc(Nc2cc(C)nc(NCCNC(=O)c3cnoc3C)n2)cc1. The number of nitrogens with zero attached hydrogens (tertiary/aromatic N) is 3. The summed E-state index contributed by atoms with van der Waals surface area (Å²) in [5.74, 6) is 2.19. The van der Waals surface area contributed by atoms with E-state index in [0.29, 0.717) is 36.2 Å². The zero-order chi connectivity index (χ0) is 19.9. The number of rotatable bonds is 8. The normalized spacial score (nSPS) is 10.4. The third-order valence-corrected chi connectivity index (χ3v) is 3.91. The van der Waals surface area contributed by atoms with Crippen molar-refractivity contribution in [3.05, 3.63) is 53.5 Å². The molecule has 3 aromatic rings. The van der Waals surface area contributed by atoms with Crippen LogP contribution in [-0.4, -0.2) is 41.2 Å². The van der Waals surface area contributed by atoms with Crippen molar-refractivity contribution in [2.75, 3.05) is 30.8 Å². The van der Waals surface area contributed by atoms with Crippen LogP contribution in [0.5, 0.6) is 5.75 Å². The lowest BCUT2D eigenvalue weighted by atomic mass is 10.2. The largest absolute Gasteiger partial charge is 0.497 e. The molecule has 2 aromatic heterocycles. The van der Waals surface area contributed by atoms with Gasteiger partial charge in [0, 0.05) is 30.5 Å². The van der Waals surface area contributed by atoms with Crippen LogP contribution in [0.25, 0.3) is 0 Å². The quantitative estimate of drug-likeness (QED) is 0.510. The van der Waals surface area contributed by atoms with Gasteiger partial charge in [0.05, 0.1) is 13.3 Å². The topological polar surface area (TPSA) is 114 Å². The van der Waals surface area contributed by atoms with Gasteiger partial charge in [0.2, 0.25) is 5.95 Å². The third-order valence-electron chi connectivity index (χ3n) is 3.91. The first-order chi connectivity index (χ1) is 13.5. The molecule has 0 saturated heterocycles. The molecule has 3 N–H and O–H groups in total. The molecular formula is C19H22N6O3. The Kier molecular flexibility index (Phi) is 6.05. The summed E-state index contributed by atoms with van der Waals surface area (Å²) in [7, 11) is 1.63. The average molecular weight is 382 g/mol. The van der Waals surface area contributed by atoms with Gasteiger partial charge in [0.1, 0.15) is 22.9 Å². The summed E-state index contributed by atoms with van der Waals surface area (Å²) in [6.45, 7) is 4.46. The second-order valence-electron chi connectivity index (χ2n) is 6.05. The average Bonchev–Trinajstić information content (AvgIpc) is 3.11. The van der Waals surface area contributed by atoms with Gasteiger partial charge in [-0.15, -0.1) is 0 Å². The number of nitrogens with one attached hydrogen (secondary N) is 3. The predicted molar refractivity (Wildman–Crippen MR) is 105 cm³/mol. The smallest absolute Gasteiger partial charge is 0.256 e. The first-order valence-corrected chi connectivity index (χ1v) is 8.75. The highest BCUT2D eigenvalue weighted by Gasteiger charge is 2.11. The first-order valence-electron chi connectivity index (χ1n) is 8.75. The number of carbonyl (C=O) groups is 1. The summed E-state index contributed by atoms with van der Waals surface area (Å²) >= 11 is 0. The fraction of sp³-hybridized carbons (Fsp3) is 0.263. The van der Waals surface area contributed by atoms with E-state index in [9.17, 15) is 4.79 Å². The molecule has 1 amide bonds. The fourth-order valence-corrected chi connectivity index (χ4v) is 2.50. The minimum atomic E-state index is -0.229. The number of aromatic nitrogens is 3. The third kappa shape index (κ3) is 4.97. The van der Waals surface area contributed by atoms with Gasteiger partial charge in [-0.25, -0.2) is 4.98 Å². The van der Waals surface area contributed by atoms with Crippen molar-refractivity contribution in [1.82, 2.24) is 20.4 Å². The van der Waals surface area contributed by atoms with Gasteiger partial charge < -0.3 is 25.2 Å². The lowest BCUT2D eigenvalue weighted by molar-refractivity contribution is 0.0953. The molecule has 0 spiro atoms. The lowest BCUT2D eigenvalue weighted by Crippen LogP contribution is -2.29. The number of hydrogen-bond donors (Lipinski definition) is 3. The number of hydrogen-bond acceptors (Lipinski definition) is 8. The van der Waals surface area contributed by atoms with Gasteiger partial charge >= 0.3 is 0 Å². The zero-order valence-corrected chi connectivity index (χ0v) is 15.9. The summed E-state index contributed by atoms with van der Waals surface area (Å²) in [6.07, 6.45) is 1.40. The molecule has 1 aromatic carbocycles. The number of ether oxygens (including phenoxy) is 1. The molecule has 0 aliphatic heterocycles. The Morgan fingerprint density at radius 3 is 2.61 bits per heavy atom. The van der Waals surface area contributed by atoms with Crippen molar-refractivity contribution in [2.45, 2.75) is 13.8 Å². The van der Waals surface area contributed by atoms with E-state index in [4.69, 9.17) is 9.26 Å². The zero-order valence-electron chi connectivity index (χ0n) is 15.9. The molecule has 0 unspecified atom stereocenters. The van der Waals surface area contributed by atoms with Crippen LogP contribution >= 0.6 is 0 Å². The maximum absolute atomic E-state index is 12.0. The number of methoxy groups -OCH3 is 1. The second kappa shape index (κ2) is 8.85. The molecule has 3 rings (SSSR count). The van der Waals surface area contributed by atoms with Gasteiger partial charge in [-0.1, -0.05) is 5.16 Å². The summed E-state index contributed by atoms with van der Waals surface area (Å²) < 4.78 is 10.0. The van der Waals surface area contributed by atoms with Gasteiger partial charge in [-0.05, 0) is 38.1 Å². The van der Waals surface area contributed by atoms with Crippen LogP contribution in [0.2, 0.25) is 0 Å². The number of anilines is 3. The molecule has 2 heterocycles. The van der Waals surface area contributed by atoms with Crippen molar-refractivity contribution in [1.29, 1.82) is 0 Å². The highest BCUT2D eigenvalue weighted by atomic mass is 16.5. The molecule has 0 fully saturated rings. The highest BCUT2D eigenvalue weighted by Crippen LogP contribution is 2.19. The van der Waals surface area contributed by atoms with Crippen molar-refractivity contribution < 1.29 is 14.1 Å². The van der Waals surface area contributed by atoms with E-state index in [1.165, 1.54) is 6.20 Å². The summed E-state index contributed by atoms with van der Waals surface area (Å²) in [5, 5.41) is 12.7. The maximum Gasteiger partial charge on any atom is 0.256 e. The maximum atomic E-state index is 12.0. The van der Waals surface area contributed by atoms with E-state index in [1.54, 1.807) is 14.0 Å². The lowest BCUT2D eigenvalue weighted by Gasteiger charge is -2.11. The predicted octanol–water partition coefficient (Wildman–Crippen LogP) is 2.68. The van der Waals surface area contributed by atoms with Crippen molar-refractivity contribution >= 4 is 23.4 Å². The van der Waals surface area contributed by atoms with E-state index in [-0.39, 0.29) is 5.91 Å². The van der Waals surface area contributed by atoms with Gasteiger partial charge in [-0.3, -0.25) is 4.79 Å². The number of carbonyl (C=O) groups excluding carboxylic acids is 1. The Balaban J connectivity index is 1.54. The molecular weight excluding hydrogens is 360 g/mol. The molecule has 0 atom stereocenters. The van der Waals surface area contributed by atoms with Crippen LogP contribution in [0.15, 0.2) is 41.1 Å². The molecule has 28 heavy (non-hydrogen) atoms.